The maximum absolute atomic E-state index is 12.9. The first-order valence-electron chi connectivity index (χ1n) is 9.22. The number of carbonyl (C=O) groups excluding carboxylic acids is 1. The lowest BCUT2D eigenvalue weighted by atomic mass is 10.2. The zero-order valence-electron chi connectivity index (χ0n) is 16.2. The first kappa shape index (κ1) is 22.6. The lowest BCUT2D eigenvalue weighted by Gasteiger charge is -2.34. The highest BCUT2D eigenvalue weighted by atomic mass is 32.2. The standard InChI is InChI=1S/C20H21F3N2O3S2/c1-15-5-2-3-8-18(15)29-14-19(26)24-9-11-25(12-10-24)30(27,28)17-7-4-6-16(13-17)20(21,22)23/h2-8,13H,9-12,14H2,1H3. The molecule has 1 saturated heterocycles. The van der Waals surface area contributed by atoms with E-state index in [-0.39, 0.29) is 37.8 Å². The Balaban J connectivity index is 1.61. The molecule has 1 amide bonds. The average Bonchev–Trinajstić information content (AvgIpc) is 2.72. The van der Waals surface area contributed by atoms with Crippen LogP contribution >= 0.6 is 11.8 Å². The minimum Gasteiger partial charge on any atom is -0.339 e. The summed E-state index contributed by atoms with van der Waals surface area (Å²) in [6.07, 6.45) is -4.62. The number of piperazine rings is 1. The highest BCUT2D eigenvalue weighted by Gasteiger charge is 2.34. The number of alkyl halides is 3. The normalized spacial score (nSPS) is 15.9. The molecule has 3 rings (SSSR count). The minimum atomic E-state index is -4.62. The molecule has 10 heteroatoms. The molecule has 0 unspecified atom stereocenters. The minimum absolute atomic E-state index is 0.0410. The van der Waals surface area contributed by atoms with Gasteiger partial charge in [0.15, 0.2) is 0 Å². The van der Waals surface area contributed by atoms with Crippen LogP contribution in [0.2, 0.25) is 0 Å². The van der Waals surface area contributed by atoms with Gasteiger partial charge in [-0.1, -0.05) is 24.3 Å². The molecule has 0 N–H and O–H groups in total. The van der Waals surface area contributed by atoms with E-state index in [2.05, 4.69) is 0 Å². The average molecular weight is 459 g/mol. The van der Waals surface area contributed by atoms with E-state index in [1.54, 1.807) is 4.90 Å². The number of hydrogen-bond acceptors (Lipinski definition) is 4. The number of hydrogen-bond donors (Lipinski definition) is 0. The van der Waals surface area contributed by atoms with Gasteiger partial charge in [-0.05, 0) is 36.8 Å². The predicted octanol–water partition coefficient (Wildman–Crippen LogP) is 3.64. The van der Waals surface area contributed by atoms with E-state index in [0.717, 1.165) is 33.0 Å². The van der Waals surface area contributed by atoms with Gasteiger partial charge in [0.2, 0.25) is 15.9 Å². The number of halogens is 3. The van der Waals surface area contributed by atoms with Crippen molar-refractivity contribution in [1.82, 2.24) is 9.21 Å². The van der Waals surface area contributed by atoms with Gasteiger partial charge in [-0.2, -0.15) is 17.5 Å². The van der Waals surface area contributed by atoms with Gasteiger partial charge in [0, 0.05) is 31.1 Å². The number of amides is 1. The van der Waals surface area contributed by atoms with Crippen molar-refractivity contribution in [2.45, 2.75) is 22.9 Å². The van der Waals surface area contributed by atoms with Gasteiger partial charge in [0.05, 0.1) is 16.2 Å². The lowest BCUT2D eigenvalue weighted by molar-refractivity contribution is -0.137. The summed E-state index contributed by atoms with van der Waals surface area (Å²) in [6, 6.07) is 11.4. The van der Waals surface area contributed by atoms with Gasteiger partial charge in [0.25, 0.3) is 0 Å². The summed E-state index contributed by atoms with van der Waals surface area (Å²) in [5.41, 5.74) is 0.0675. The summed E-state index contributed by atoms with van der Waals surface area (Å²) in [6.45, 7) is 2.44. The fraction of sp³-hybridized carbons (Fsp3) is 0.350. The SMILES string of the molecule is Cc1ccccc1SCC(=O)N1CCN(S(=O)(=O)c2cccc(C(F)(F)F)c2)CC1. The van der Waals surface area contributed by atoms with E-state index >= 15 is 0 Å². The Morgan fingerprint density at radius 1 is 1.03 bits per heavy atom. The maximum atomic E-state index is 12.9. The van der Waals surface area contributed by atoms with Crippen LogP contribution in [0.15, 0.2) is 58.3 Å². The molecule has 30 heavy (non-hydrogen) atoms. The molecule has 1 heterocycles. The molecule has 0 aromatic heterocycles. The van der Waals surface area contributed by atoms with E-state index in [4.69, 9.17) is 0 Å². The molecule has 0 saturated carbocycles. The molecule has 0 atom stereocenters. The van der Waals surface area contributed by atoms with Gasteiger partial charge in [0.1, 0.15) is 0 Å². The van der Waals surface area contributed by atoms with Gasteiger partial charge in [-0.25, -0.2) is 8.42 Å². The van der Waals surface area contributed by atoms with Crippen LogP contribution in [0.1, 0.15) is 11.1 Å². The summed E-state index contributed by atoms with van der Waals surface area (Å²) in [7, 11) is -4.06. The summed E-state index contributed by atoms with van der Waals surface area (Å²) >= 11 is 1.43. The van der Waals surface area contributed by atoms with Crippen LogP contribution in [0, 0.1) is 6.92 Å². The Hall–Kier alpha value is -2.04. The molecule has 1 fully saturated rings. The molecule has 0 bridgehead atoms. The number of sulfonamides is 1. The zero-order chi connectivity index (χ0) is 21.9. The zero-order valence-corrected chi connectivity index (χ0v) is 17.9. The highest BCUT2D eigenvalue weighted by molar-refractivity contribution is 8.00. The van der Waals surface area contributed by atoms with Crippen LogP contribution in [0.25, 0.3) is 0 Å². The summed E-state index contributed by atoms with van der Waals surface area (Å²) < 4.78 is 65.3. The van der Waals surface area contributed by atoms with Crippen LogP contribution in [-0.2, 0) is 21.0 Å². The molecule has 1 aliphatic rings. The highest BCUT2D eigenvalue weighted by Crippen LogP contribution is 2.31. The Labute approximate surface area is 177 Å². The van der Waals surface area contributed by atoms with E-state index in [9.17, 15) is 26.4 Å². The molecular formula is C20H21F3N2O3S2. The van der Waals surface area contributed by atoms with E-state index < -0.39 is 26.7 Å². The van der Waals surface area contributed by atoms with Crippen molar-refractivity contribution in [3.8, 4) is 0 Å². The number of thioether (sulfide) groups is 1. The number of aryl methyl sites for hydroxylation is 1. The summed E-state index contributed by atoms with van der Waals surface area (Å²) in [5, 5.41) is 0. The number of benzene rings is 2. The van der Waals surface area contributed by atoms with Crippen LogP contribution < -0.4 is 0 Å². The number of nitrogens with zero attached hydrogens (tertiary/aromatic N) is 2. The number of carbonyl (C=O) groups is 1. The molecule has 0 spiro atoms. The Bertz CT molecular complexity index is 1020. The topological polar surface area (TPSA) is 57.7 Å². The molecule has 0 aliphatic carbocycles. The second kappa shape index (κ2) is 8.99. The van der Waals surface area contributed by atoms with Crippen LogP contribution in [0.3, 0.4) is 0 Å². The van der Waals surface area contributed by atoms with E-state index in [1.807, 2.05) is 31.2 Å². The fourth-order valence-corrected chi connectivity index (χ4v) is 5.51. The third-order valence-electron chi connectivity index (χ3n) is 4.84. The first-order valence-corrected chi connectivity index (χ1v) is 11.7. The number of rotatable bonds is 5. The molecular weight excluding hydrogens is 437 g/mol. The first-order chi connectivity index (χ1) is 14.1. The lowest BCUT2D eigenvalue weighted by Crippen LogP contribution is -2.51. The van der Waals surface area contributed by atoms with Crippen molar-refractivity contribution in [3.05, 3.63) is 59.7 Å². The van der Waals surface area contributed by atoms with Crippen LogP contribution in [0.4, 0.5) is 13.2 Å². The Morgan fingerprint density at radius 3 is 2.33 bits per heavy atom. The second-order valence-electron chi connectivity index (χ2n) is 6.86. The summed E-state index contributed by atoms with van der Waals surface area (Å²) in [4.78, 5) is 14.7. The quantitative estimate of drug-likeness (QED) is 0.642. The molecule has 2 aromatic carbocycles. The van der Waals surface area contributed by atoms with Crippen LogP contribution in [-0.4, -0.2) is 55.5 Å². The maximum Gasteiger partial charge on any atom is 0.416 e. The molecule has 2 aromatic rings. The van der Waals surface area contributed by atoms with Gasteiger partial charge in [-0.3, -0.25) is 4.79 Å². The molecule has 162 valence electrons. The monoisotopic (exact) mass is 458 g/mol. The van der Waals surface area contributed by atoms with Crippen molar-refractivity contribution in [3.63, 3.8) is 0 Å². The Morgan fingerprint density at radius 2 is 1.70 bits per heavy atom. The predicted molar refractivity (Wildman–Crippen MR) is 109 cm³/mol. The molecule has 5 nitrogen and oxygen atoms in total. The smallest absolute Gasteiger partial charge is 0.339 e. The van der Waals surface area contributed by atoms with Crippen LogP contribution in [0.5, 0.6) is 0 Å². The van der Waals surface area contributed by atoms with Gasteiger partial charge in [-0.15, -0.1) is 11.8 Å². The van der Waals surface area contributed by atoms with Crippen molar-refractivity contribution in [2.24, 2.45) is 0 Å². The van der Waals surface area contributed by atoms with Gasteiger partial charge < -0.3 is 4.90 Å². The van der Waals surface area contributed by atoms with Crippen molar-refractivity contribution in [2.75, 3.05) is 31.9 Å². The second-order valence-corrected chi connectivity index (χ2v) is 9.82. The third kappa shape index (κ3) is 5.16. The summed E-state index contributed by atoms with van der Waals surface area (Å²) in [5.74, 6) is 0.143. The van der Waals surface area contributed by atoms with Crippen molar-refractivity contribution in [1.29, 1.82) is 0 Å². The van der Waals surface area contributed by atoms with Gasteiger partial charge >= 0.3 is 6.18 Å². The molecule has 1 aliphatic heterocycles. The largest absolute Gasteiger partial charge is 0.416 e. The van der Waals surface area contributed by atoms with E-state index in [0.29, 0.717) is 6.07 Å². The van der Waals surface area contributed by atoms with Crippen molar-refractivity contribution >= 4 is 27.7 Å². The van der Waals surface area contributed by atoms with E-state index in [1.165, 1.54) is 11.8 Å². The third-order valence-corrected chi connectivity index (χ3v) is 7.89. The van der Waals surface area contributed by atoms with Crippen molar-refractivity contribution < 1.29 is 26.4 Å². The fourth-order valence-electron chi connectivity index (χ4n) is 3.11. The Kier molecular flexibility index (Phi) is 6.78. The molecule has 0 radical (unpaired) electrons.